The van der Waals surface area contributed by atoms with Gasteiger partial charge in [-0.15, -0.1) is 0 Å². The number of anilines is 1. The Kier molecular flexibility index (Phi) is 6.48. The van der Waals surface area contributed by atoms with Crippen LogP contribution in [-0.4, -0.2) is 30.3 Å². The van der Waals surface area contributed by atoms with Crippen molar-refractivity contribution < 1.29 is 23.8 Å². The van der Waals surface area contributed by atoms with E-state index in [0.717, 1.165) is 5.56 Å². The molecule has 0 spiro atoms. The number of carbonyl (C=O) groups excluding carboxylic acids is 1. The van der Waals surface area contributed by atoms with Gasteiger partial charge in [-0.2, -0.15) is 0 Å². The molecule has 0 fully saturated rings. The number of benzene rings is 2. The number of ether oxygens (including phenoxy) is 2. The van der Waals surface area contributed by atoms with Crippen LogP contribution in [0.25, 0.3) is 11.3 Å². The molecule has 0 radical (unpaired) electrons. The summed E-state index contributed by atoms with van der Waals surface area (Å²) in [7, 11) is 3.02. The maximum absolute atomic E-state index is 12.5. The molecule has 0 unspecified atom stereocenters. The fourth-order valence-electron chi connectivity index (χ4n) is 2.65. The number of rotatable bonds is 6. The van der Waals surface area contributed by atoms with Crippen LogP contribution in [0.3, 0.4) is 0 Å². The zero-order valence-corrected chi connectivity index (χ0v) is 16.7. The van der Waals surface area contributed by atoms with Crippen molar-refractivity contribution in [3.63, 3.8) is 0 Å². The van der Waals surface area contributed by atoms with E-state index in [1.165, 1.54) is 14.2 Å². The van der Waals surface area contributed by atoms with Gasteiger partial charge < -0.3 is 24.3 Å². The van der Waals surface area contributed by atoms with Gasteiger partial charge in [0.1, 0.15) is 29.6 Å². The minimum absolute atomic E-state index is 0.146. The number of hydrogen-bond donors (Lipinski definition) is 3. The number of nitrogens with one attached hydrogen (secondary N) is 2. The SMILES string of the molecule is COc1ccc(C(=O)NC(=S)Nc2ccc(-c3ccc(CO)o3)cc2)c(OC)c1. The number of methoxy groups -OCH3 is 2. The lowest BCUT2D eigenvalue weighted by Crippen LogP contribution is -2.34. The summed E-state index contributed by atoms with van der Waals surface area (Å²) in [6, 6.07) is 15.7. The van der Waals surface area contributed by atoms with E-state index in [2.05, 4.69) is 10.6 Å². The van der Waals surface area contributed by atoms with Crippen LogP contribution in [0.2, 0.25) is 0 Å². The summed E-state index contributed by atoms with van der Waals surface area (Å²) in [6.07, 6.45) is 0. The third kappa shape index (κ3) is 4.92. The number of aliphatic hydroxyl groups excluding tert-OH is 1. The molecule has 150 valence electrons. The Morgan fingerprint density at radius 3 is 2.45 bits per heavy atom. The fourth-order valence-corrected chi connectivity index (χ4v) is 2.87. The van der Waals surface area contributed by atoms with E-state index < -0.39 is 5.91 Å². The van der Waals surface area contributed by atoms with E-state index >= 15 is 0 Å². The quantitative estimate of drug-likeness (QED) is 0.533. The Labute approximate surface area is 173 Å². The van der Waals surface area contributed by atoms with E-state index in [1.54, 1.807) is 30.3 Å². The van der Waals surface area contributed by atoms with E-state index in [4.69, 9.17) is 31.2 Å². The molecule has 0 aliphatic heterocycles. The monoisotopic (exact) mass is 412 g/mol. The van der Waals surface area contributed by atoms with E-state index in [-0.39, 0.29) is 11.7 Å². The second-order valence-corrected chi connectivity index (χ2v) is 6.38. The highest BCUT2D eigenvalue weighted by Crippen LogP contribution is 2.25. The van der Waals surface area contributed by atoms with Crippen molar-refractivity contribution in [2.75, 3.05) is 19.5 Å². The van der Waals surface area contributed by atoms with Crippen LogP contribution in [0.15, 0.2) is 59.0 Å². The summed E-state index contributed by atoms with van der Waals surface area (Å²) in [4.78, 5) is 12.5. The topological polar surface area (TPSA) is 93.0 Å². The number of carbonyl (C=O) groups is 1. The van der Waals surface area contributed by atoms with Crippen molar-refractivity contribution in [2.24, 2.45) is 0 Å². The molecule has 0 aliphatic rings. The predicted molar refractivity (Wildman–Crippen MR) is 113 cm³/mol. The molecule has 3 N–H and O–H groups in total. The Morgan fingerprint density at radius 2 is 1.83 bits per heavy atom. The molecule has 2 aromatic carbocycles. The van der Waals surface area contributed by atoms with Crippen LogP contribution in [0.4, 0.5) is 5.69 Å². The summed E-state index contributed by atoms with van der Waals surface area (Å²) in [5.74, 6) is 1.73. The van der Waals surface area contributed by atoms with Gasteiger partial charge >= 0.3 is 0 Å². The molecule has 1 heterocycles. The Balaban J connectivity index is 1.64. The molecule has 8 heteroatoms. The highest BCUT2D eigenvalue weighted by molar-refractivity contribution is 7.80. The smallest absolute Gasteiger partial charge is 0.261 e. The average molecular weight is 412 g/mol. The summed E-state index contributed by atoms with van der Waals surface area (Å²) in [6.45, 7) is -0.146. The van der Waals surface area contributed by atoms with Crippen molar-refractivity contribution in [3.8, 4) is 22.8 Å². The van der Waals surface area contributed by atoms with Crippen LogP contribution in [0, 0.1) is 0 Å². The summed E-state index contributed by atoms with van der Waals surface area (Å²) < 4.78 is 15.9. The molecule has 3 aromatic rings. The van der Waals surface area contributed by atoms with Crippen LogP contribution in [-0.2, 0) is 6.61 Å². The van der Waals surface area contributed by atoms with Gasteiger partial charge in [-0.1, -0.05) is 0 Å². The second kappa shape index (κ2) is 9.22. The first-order chi connectivity index (χ1) is 14.0. The predicted octanol–water partition coefficient (Wildman–Crippen LogP) is 3.58. The molecule has 1 amide bonds. The fraction of sp³-hybridized carbons (Fsp3) is 0.143. The molecular formula is C21H20N2O5S. The second-order valence-electron chi connectivity index (χ2n) is 5.98. The maximum Gasteiger partial charge on any atom is 0.261 e. The molecule has 1 aromatic heterocycles. The lowest BCUT2D eigenvalue weighted by atomic mass is 10.1. The van der Waals surface area contributed by atoms with Crippen LogP contribution < -0.4 is 20.1 Å². The molecule has 7 nitrogen and oxygen atoms in total. The number of aliphatic hydroxyl groups is 1. The van der Waals surface area contributed by atoms with Crippen molar-refractivity contribution >= 4 is 28.9 Å². The lowest BCUT2D eigenvalue weighted by Gasteiger charge is -2.12. The Bertz CT molecular complexity index is 1010. The molecule has 0 atom stereocenters. The van der Waals surface area contributed by atoms with Gasteiger partial charge in [0, 0.05) is 17.3 Å². The lowest BCUT2D eigenvalue weighted by molar-refractivity contribution is 0.0974. The normalized spacial score (nSPS) is 10.3. The van der Waals surface area contributed by atoms with Gasteiger partial charge in [0.2, 0.25) is 0 Å². The first kappa shape index (κ1) is 20.4. The standard InChI is InChI=1S/C21H20N2O5S/c1-26-15-7-9-17(19(11-15)27-2)20(25)23-21(29)22-14-5-3-13(4-6-14)18-10-8-16(12-24)28-18/h3-11,24H,12H2,1-2H3,(H2,22,23,25,29). The molecule has 3 rings (SSSR count). The highest BCUT2D eigenvalue weighted by atomic mass is 32.1. The van der Waals surface area contributed by atoms with Gasteiger partial charge in [-0.3, -0.25) is 10.1 Å². The summed E-state index contributed by atoms with van der Waals surface area (Å²) in [5, 5.41) is 14.8. The first-order valence-corrected chi connectivity index (χ1v) is 9.09. The number of amides is 1. The van der Waals surface area contributed by atoms with Crippen molar-refractivity contribution in [1.29, 1.82) is 0 Å². The van der Waals surface area contributed by atoms with Crippen molar-refractivity contribution in [2.45, 2.75) is 6.61 Å². The molecule has 0 aliphatic carbocycles. The van der Waals surface area contributed by atoms with Crippen molar-refractivity contribution in [1.82, 2.24) is 5.32 Å². The zero-order valence-electron chi connectivity index (χ0n) is 15.9. The number of hydrogen-bond acceptors (Lipinski definition) is 6. The van der Waals surface area contributed by atoms with Gasteiger partial charge in [0.15, 0.2) is 5.11 Å². The van der Waals surface area contributed by atoms with E-state index in [0.29, 0.717) is 34.3 Å². The highest BCUT2D eigenvalue weighted by Gasteiger charge is 2.15. The van der Waals surface area contributed by atoms with Gasteiger partial charge in [-0.25, -0.2) is 0 Å². The minimum Gasteiger partial charge on any atom is -0.497 e. The Hall–Kier alpha value is -3.36. The van der Waals surface area contributed by atoms with Gasteiger partial charge in [0.05, 0.1) is 19.8 Å². The first-order valence-electron chi connectivity index (χ1n) is 8.68. The van der Waals surface area contributed by atoms with E-state index in [9.17, 15) is 4.79 Å². The van der Waals surface area contributed by atoms with Crippen LogP contribution in [0.5, 0.6) is 11.5 Å². The maximum atomic E-state index is 12.5. The largest absolute Gasteiger partial charge is 0.497 e. The molecular weight excluding hydrogens is 392 g/mol. The van der Waals surface area contributed by atoms with Gasteiger partial charge in [-0.05, 0) is 60.7 Å². The molecule has 0 saturated carbocycles. The summed E-state index contributed by atoms with van der Waals surface area (Å²) >= 11 is 5.23. The third-order valence-corrected chi connectivity index (χ3v) is 4.33. The summed E-state index contributed by atoms with van der Waals surface area (Å²) in [5.41, 5.74) is 1.90. The molecule has 29 heavy (non-hydrogen) atoms. The molecule has 0 bridgehead atoms. The van der Waals surface area contributed by atoms with E-state index in [1.807, 2.05) is 24.3 Å². The van der Waals surface area contributed by atoms with Crippen LogP contribution in [0.1, 0.15) is 16.1 Å². The third-order valence-electron chi connectivity index (χ3n) is 4.13. The molecule has 0 saturated heterocycles. The zero-order chi connectivity index (χ0) is 20.8. The van der Waals surface area contributed by atoms with Gasteiger partial charge in [0.25, 0.3) is 5.91 Å². The number of furan rings is 1. The van der Waals surface area contributed by atoms with Crippen LogP contribution >= 0.6 is 12.2 Å². The Morgan fingerprint density at radius 1 is 1.07 bits per heavy atom. The average Bonchev–Trinajstić information content (AvgIpc) is 3.23. The van der Waals surface area contributed by atoms with Crippen molar-refractivity contribution in [3.05, 3.63) is 65.9 Å². The number of thiocarbonyl (C=S) groups is 1. The minimum atomic E-state index is -0.397.